The van der Waals surface area contributed by atoms with Gasteiger partial charge in [-0.15, -0.1) is 0 Å². The van der Waals surface area contributed by atoms with Crippen LogP contribution >= 0.6 is 15.9 Å². The molecule has 0 amide bonds. The Balaban J connectivity index is 2.64. The summed E-state index contributed by atoms with van der Waals surface area (Å²) in [5.74, 6) is 7.49. The molecule has 0 aromatic carbocycles. The minimum absolute atomic E-state index is 0.172. The summed E-state index contributed by atoms with van der Waals surface area (Å²) in [6.07, 6.45) is 0. The van der Waals surface area contributed by atoms with Crippen molar-refractivity contribution >= 4 is 21.7 Å². The summed E-state index contributed by atoms with van der Waals surface area (Å²) in [4.78, 5) is 9.02. The number of aromatic nitrogens is 4. The highest BCUT2D eigenvalue weighted by atomic mass is 79.9. The van der Waals surface area contributed by atoms with Crippen LogP contribution in [-0.4, -0.2) is 19.7 Å². The van der Waals surface area contributed by atoms with Gasteiger partial charge in [-0.2, -0.15) is 5.10 Å². The number of nitrogen functional groups attached to an aromatic ring is 1. The minimum Gasteiger partial charge on any atom is -0.308 e. The largest absolute Gasteiger partial charge is 0.308 e. The van der Waals surface area contributed by atoms with Gasteiger partial charge in [0.1, 0.15) is 11.6 Å². The Morgan fingerprint density at radius 3 is 2.35 bits per heavy atom. The number of nitrogens with zero attached hydrogens (tertiary/aromatic N) is 4. The van der Waals surface area contributed by atoms with Crippen molar-refractivity contribution in [2.45, 2.75) is 40.0 Å². The maximum Gasteiger partial charge on any atom is 0.159 e. The van der Waals surface area contributed by atoms with Gasteiger partial charge in [0.15, 0.2) is 5.82 Å². The van der Waals surface area contributed by atoms with Gasteiger partial charge in [-0.05, 0) is 29.8 Å². The second-order valence-corrected chi connectivity index (χ2v) is 6.52. The van der Waals surface area contributed by atoms with Gasteiger partial charge in [-0.25, -0.2) is 20.5 Å². The molecule has 2 heterocycles. The summed E-state index contributed by atoms with van der Waals surface area (Å²) in [6, 6.07) is 1.78. The van der Waals surface area contributed by atoms with Gasteiger partial charge in [0.25, 0.3) is 0 Å². The van der Waals surface area contributed by atoms with Crippen LogP contribution < -0.4 is 11.3 Å². The molecule has 2 rings (SSSR count). The highest BCUT2D eigenvalue weighted by molar-refractivity contribution is 9.10. The average Bonchev–Trinajstić information content (AvgIpc) is 2.65. The van der Waals surface area contributed by atoms with E-state index in [2.05, 4.69) is 57.2 Å². The van der Waals surface area contributed by atoms with Crippen molar-refractivity contribution in [3.63, 3.8) is 0 Å². The molecular weight excluding hydrogens is 320 g/mol. The molecule has 2 aromatic rings. The lowest BCUT2D eigenvalue weighted by molar-refractivity contribution is 0.542. The molecule has 2 aromatic heterocycles. The fraction of sp³-hybridized carbons (Fsp3) is 0.462. The molecule has 3 N–H and O–H groups in total. The van der Waals surface area contributed by atoms with Crippen LogP contribution in [0.5, 0.6) is 0 Å². The quantitative estimate of drug-likeness (QED) is 0.649. The SMILES string of the molecule is Cc1nn(-c2cc(NN)nc(C(C)(C)C)n2)c(C)c1Br. The monoisotopic (exact) mass is 338 g/mol. The first-order chi connectivity index (χ1) is 9.24. The van der Waals surface area contributed by atoms with Crippen molar-refractivity contribution in [3.8, 4) is 5.82 Å². The van der Waals surface area contributed by atoms with Crippen LogP contribution in [-0.2, 0) is 5.41 Å². The van der Waals surface area contributed by atoms with Crippen molar-refractivity contribution in [1.82, 2.24) is 19.7 Å². The molecule has 0 bridgehead atoms. The van der Waals surface area contributed by atoms with E-state index >= 15 is 0 Å². The lowest BCUT2D eigenvalue weighted by atomic mass is 9.96. The second-order valence-electron chi connectivity index (χ2n) is 5.73. The number of nitrogens with two attached hydrogens (primary N) is 1. The third kappa shape index (κ3) is 2.69. The molecule has 0 aliphatic heterocycles. The highest BCUT2D eigenvalue weighted by Crippen LogP contribution is 2.25. The summed E-state index contributed by atoms with van der Waals surface area (Å²) in [5, 5.41) is 4.49. The van der Waals surface area contributed by atoms with Crippen LogP contribution in [0, 0.1) is 13.8 Å². The summed E-state index contributed by atoms with van der Waals surface area (Å²) in [5.41, 5.74) is 4.32. The Kier molecular flexibility index (Phi) is 3.84. The van der Waals surface area contributed by atoms with E-state index in [9.17, 15) is 0 Å². The number of hydrazine groups is 1. The summed E-state index contributed by atoms with van der Waals surface area (Å²) in [7, 11) is 0. The zero-order valence-electron chi connectivity index (χ0n) is 12.3. The van der Waals surface area contributed by atoms with Gasteiger partial charge in [0.2, 0.25) is 0 Å². The lowest BCUT2D eigenvalue weighted by Gasteiger charge is -2.18. The van der Waals surface area contributed by atoms with Crippen molar-refractivity contribution in [2.24, 2.45) is 5.84 Å². The van der Waals surface area contributed by atoms with E-state index in [1.54, 1.807) is 10.7 Å². The van der Waals surface area contributed by atoms with Crippen LogP contribution in [0.25, 0.3) is 5.82 Å². The Morgan fingerprint density at radius 2 is 1.90 bits per heavy atom. The number of rotatable bonds is 2. The fourth-order valence-corrected chi connectivity index (χ4v) is 2.05. The van der Waals surface area contributed by atoms with Gasteiger partial charge in [-0.3, -0.25) is 0 Å². The Bertz CT molecular complexity index is 641. The number of aryl methyl sites for hydroxylation is 1. The number of nitrogens with one attached hydrogen (secondary N) is 1. The maximum absolute atomic E-state index is 5.50. The van der Waals surface area contributed by atoms with E-state index in [0.29, 0.717) is 17.5 Å². The minimum atomic E-state index is -0.172. The van der Waals surface area contributed by atoms with Gasteiger partial charge in [0.05, 0.1) is 15.9 Å². The zero-order chi connectivity index (χ0) is 15.1. The molecule has 0 aliphatic carbocycles. The Morgan fingerprint density at radius 1 is 1.25 bits per heavy atom. The molecule has 0 fully saturated rings. The summed E-state index contributed by atoms with van der Waals surface area (Å²) in [6.45, 7) is 10.1. The fourth-order valence-electron chi connectivity index (χ4n) is 1.80. The van der Waals surface area contributed by atoms with E-state index in [4.69, 9.17) is 5.84 Å². The van der Waals surface area contributed by atoms with Crippen LogP contribution in [0.2, 0.25) is 0 Å². The van der Waals surface area contributed by atoms with E-state index in [1.807, 2.05) is 13.8 Å². The van der Waals surface area contributed by atoms with Crippen LogP contribution in [0.15, 0.2) is 10.5 Å². The zero-order valence-corrected chi connectivity index (χ0v) is 13.9. The molecule has 0 unspecified atom stereocenters. The van der Waals surface area contributed by atoms with Crippen molar-refractivity contribution < 1.29 is 0 Å². The maximum atomic E-state index is 5.50. The van der Waals surface area contributed by atoms with Gasteiger partial charge in [-0.1, -0.05) is 20.8 Å². The van der Waals surface area contributed by atoms with E-state index in [1.165, 1.54) is 0 Å². The van der Waals surface area contributed by atoms with Crippen LogP contribution in [0.4, 0.5) is 5.82 Å². The molecule has 0 spiro atoms. The standard InChI is InChI=1S/C13H19BrN6/c1-7-11(14)8(2)20(19-7)10-6-9(18-15)16-12(17-10)13(3,4)5/h6H,15H2,1-5H3,(H,16,17,18). The Hall–Kier alpha value is -1.47. The van der Waals surface area contributed by atoms with Crippen molar-refractivity contribution in [3.05, 3.63) is 27.8 Å². The topological polar surface area (TPSA) is 81.7 Å². The smallest absolute Gasteiger partial charge is 0.159 e. The number of hydrogen-bond donors (Lipinski definition) is 2. The molecular formula is C13H19BrN6. The molecule has 0 aliphatic rings. The average molecular weight is 339 g/mol. The summed E-state index contributed by atoms with van der Waals surface area (Å²) >= 11 is 3.52. The third-order valence-electron chi connectivity index (χ3n) is 2.95. The predicted molar refractivity (Wildman–Crippen MR) is 82.8 cm³/mol. The molecule has 6 nitrogen and oxygen atoms in total. The van der Waals surface area contributed by atoms with Crippen LogP contribution in [0.3, 0.4) is 0 Å². The molecule has 0 atom stereocenters. The number of halogens is 1. The number of anilines is 1. The normalized spacial score (nSPS) is 11.8. The Labute approximate surface area is 126 Å². The lowest BCUT2D eigenvalue weighted by Crippen LogP contribution is -2.20. The highest BCUT2D eigenvalue weighted by Gasteiger charge is 2.21. The molecule has 0 saturated carbocycles. The molecule has 108 valence electrons. The van der Waals surface area contributed by atoms with E-state index in [0.717, 1.165) is 15.9 Å². The van der Waals surface area contributed by atoms with Crippen molar-refractivity contribution in [2.75, 3.05) is 5.43 Å². The third-order valence-corrected chi connectivity index (χ3v) is 4.10. The van der Waals surface area contributed by atoms with Gasteiger partial charge in [0, 0.05) is 11.5 Å². The molecule has 20 heavy (non-hydrogen) atoms. The second kappa shape index (κ2) is 5.14. The first-order valence-electron chi connectivity index (χ1n) is 6.32. The van der Waals surface area contributed by atoms with Crippen LogP contribution in [0.1, 0.15) is 38.0 Å². The van der Waals surface area contributed by atoms with Gasteiger partial charge < -0.3 is 5.43 Å². The van der Waals surface area contributed by atoms with E-state index < -0.39 is 0 Å². The first kappa shape index (κ1) is 14.9. The number of hydrogen-bond acceptors (Lipinski definition) is 5. The predicted octanol–water partition coefficient (Wildman–Crippen LogP) is 2.62. The van der Waals surface area contributed by atoms with Gasteiger partial charge >= 0.3 is 0 Å². The molecule has 7 heteroatoms. The summed E-state index contributed by atoms with van der Waals surface area (Å²) < 4.78 is 2.77. The molecule has 0 radical (unpaired) electrons. The molecule has 0 saturated heterocycles. The van der Waals surface area contributed by atoms with E-state index in [-0.39, 0.29) is 5.41 Å². The van der Waals surface area contributed by atoms with Crippen molar-refractivity contribution in [1.29, 1.82) is 0 Å². The first-order valence-corrected chi connectivity index (χ1v) is 7.11.